The van der Waals surface area contributed by atoms with Crippen LogP contribution in [0.4, 0.5) is 4.39 Å². The molecule has 0 spiro atoms. The van der Waals surface area contributed by atoms with Crippen molar-refractivity contribution in [2.24, 2.45) is 0 Å². The Morgan fingerprint density at radius 3 is 2.50 bits per heavy atom. The Morgan fingerprint density at radius 1 is 1.43 bits per heavy atom. The van der Waals surface area contributed by atoms with Crippen LogP contribution in [0.2, 0.25) is 0 Å². The van der Waals surface area contributed by atoms with Crippen molar-refractivity contribution in [1.29, 1.82) is 0 Å². The monoisotopic (exact) mass is 198 g/mol. The van der Waals surface area contributed by atoms with E-state index in [1.54, 1.807) is 6.92 Å². The smallest absolute Gasteiger partial charge is 0.164 e. The van der Waals surface area contributed by atoms with Crippen molar-refractivity contribution in [3.8, 4) is 0 Å². The van der Waals surface area contributed by atoms with Gasteiger partial charge in [0.05, 0.1) is 0 Å². The highest BCUT2D eigenvalue weighted by Crippen LogP contribution is 2.33. The fourth-order valence-corrected chi connectivity index (χ4v) is 1.80. The summed E-state index contributed by atoms with van der Waals surface area (Å²) in [6.07, 6.45) is 4.55. The molecule has 0 saturated carbocycles. The molecule has 0 bridgehead atoms. The number of hydrogen-bond donors (Lipinski definition) is 0. The van der Waals surface area contributed by atoms with Gasteiger partial charge >= 0.3 is 0 Å². The Bertz CT molecular complexity index is 299. The van der Waals surface area contributed by atoms with Crippen LogP contribution < -0.4 is 0 Å². The molecule has 0 aromatic carbocycles. The van der Waals surface area contributed by atoms with Gasteiger partial charge in [-0.2, -0.15) is 0 Å². The van der Waals surface area contributed by atoms with Gasteiger partial charge in [-0.1, -0.05) is 33.6 Å². The second-order valence-corrected chi connectivity index (χ2v) is 4.53. The Balaban J connectivity index is 2.86. The van der Waals surface area contributed by atoms with Crippen molar-refractivity contribution < 1.29 is 8.81 Å². The van der Waals surface area contributed by atoms with E-state index < -0.39 is 0 Å². The first-order valence-electron chi connectivity index (χ1n) is 5.23. The van der Waals surface area contributed by atoms with Crippen LogP contribution in [0, 0.1) is 12.7 Å². The summed E-state index contributed by atoms with van der Waals surface area (Å²) < 4.78 is 18.4. The summed E-state index contributed by atoms with van der Waals surface area (Å²) in [5.74, 6) is 0.563. The Labute approximate surface area is 85.3 Å². The maximum Gasteiger partial charge on any atom is 0.164 e. The van der Waals surface area contributed by atoms with Crippen molar-refractivity contribution >= 4 is 0 Å². The number of halogens is 1. The molecular weight excluding hydrogens is 179 g/mol. The summed E-state index contributed by atoms with van der Waals surface area (Å²) in [5.41, 5.74) is 0.607. The maximum absolute atomic E-state index is 13.1. The quantitative estimate of drug-likeness (QED) is 0.706. The van der Waals surface area contributed by atoms with Gasteiger partial charge in [-0.3, -0.25) is 0 Å². The number of rotatable bonds is 4. The molecule has 1 heterocycles. The Morgan fingerprint density at radius 2 is 2.07 bits per heavy atom. The minimum absolute atomic E-state index is 0.0512. The lowest BCUT2D eigenvalue weighted by atomic mass is 9.83. The fourth-order valence-electron chi connectivity index (χ4n) is 1.80. The predicted octanol–water partition coefficient (Wildman–Crippen LogP) is 4.19. The molecule has 0 N–H and O–H groups in total. The minimum atomic E-state index is -0.232. The van der Waals surface area contributed by atoms with Crippen LogP contribution in [-0.2, 0) is 5.41 Å². The molecule has 0 atom stereocenters. The molecule has 2 heteroatoms. The molecule has 1 aromatic heterocycles. The van der Waals surface area contributed by atoms with E-state index in [2.05, 4.69) is 20.8 Å². The molecule has 0 saturated heterocycles. The average molecular weight is 198 g/mol. The average Bonchev–Trinajstić information content (AvgIpc) is 2.45. The van der Waals surface area contributed by atoms with Crippen LogP contribution >= 0.6 is 0 Å². The third kappa shape index (κ3) is 2.17. The molecule has 14 heavy (non-hydrogen) atoms. The summed E-state index contributed by atoms with van der Waals surface area (Å²) in [6, 6.07) is 0. The topological polar surface area (TPSA) is 13.1 Å². The molecule has 1 nitrogen and oxygen atoms in total. The van der Waals surface area contributed by atoms with E-state index in [4.69, 9.17) is 4.42 Å². The third-order valence-electron chi connectivity index (χ3n) is 2.75. The number of unbranched alkanes of at least 4 members (excludes halogenated alkanes) is 1. The zero-order valence-electron chi connectivity index (χ0n) is 9.48. The predicted molar refractivity (Wildman–Crippen MR) is 56.0 cm³/mol. The van der Waals surface area contributed by atoms with Gasteiger partial charge in [0.1, 0.15) is 12.0 Å². The van der Waals surface area contributed by atoms with Crippen LogP contribution in [0.5, 0.6) is 0 Å². The Hall–Kier alpha value is -0.790. The van der Waals surface area contributed by atoms with Crippen molar-refractivity contribution in [3.63, 3.8) is 0 Å². The normalized spacial score (nSPS) is 12.1. The standard InChI is InChI=1S/C12H19FO/c1-5-6-7-12(3,4)11-9(2)10(13)8-14-11/h8H,5-7H2,1-4H3. The largest absolute Gasteiger partial charge is 0.465 e. The highest BCUT2D eigenvalue weighted by atomic mass is 19.1. The Kier molecular flexibility index (Phi) is 3.35. The first-order valence-corrected chi connectivity index (χ1v) is 5.23. The maximum atomic E-state index is 13.1. The van der Waals surface area contributed by atoms with E-state index in [1.807, 2.05) is 0 Å². The van der Waals surface area contributed by atoms with Crippen molar-refractivity contribution in [1.82, 2.24) is 0 Å². The van der Waals surface area contributed by atoms with Gasteiger partial charge in [-0.15, -0.1) is 0 Å². The van der Waals surface area contributed by atoms with Crippen LogP contribution in [0.25, 0.3) is 0 Å². The molecule has 0 aliphatic heterocycles. The van der Waals surface area contributed by atoms with Crippen LogP contribution in [0.15, 0.2) is 10.7 Å². The van der Waals surface area contributed by atoms with Crippen molar-refractivity contribution in [2.45, 2.75) is 52.4 Å². The lowest BCUT2D eigenvalue weighted by molar-refractivity contribution is 0.352. The third-order valence-corrected chi connectivity index (χ3v) is 2.75. The molecule has 0 fully saturated rings. The van der Waals surface area contributed by atoms with Crippen molar-refractivity contribution in [3.05, 3.63) is 23.4 Å². The van der Waals surface area contributed by atoms with Gasteiger partial charge in [0.2, 0.25) is 0 Å². The highest BCUT2D eigenvalue weighted by molar-refractivity contribution is 5.23. The van der Waals surface area contributed by atoms with Gasteiger partial charge in [0, 0.05) is 11.0 Å². The minimum Gasteiger partial charge on any atom is -0.465 e. The first kappa shape index (κ1) is 11.3. The van der Waals surface area contributed by atoms with Gasteiger partial charge < -0.3 is 4.42 Å². The van der Waals surface area contributed by atoms with E-state index in [1.165, 1.54) is 6.26 Å². The summed E-state index contributed by atoms with van der Waals surface area (Å²) in [4.78, 5) is 0. The van der Waals surface area contributed by atoms with Crippen LogP contribution in [0.3, 0.4) is 0 Å². The molecular formula is C12H19FO. The van der Waals surface area contributed by atoms with Gasteiger partial charge in [-0.05, 0) is 13.3 Å². The van der Waals surface area contributed by atoms with Gasteiger partial charge in [-0.25, -0.2) is 4.39 Å². The molecule has 1 rings (SSSR count). The van der Waals surface area contributed by atoms with Crippen molar-refractivity contribution in [2.75, 3.05) is 0 Å². The molecule has 0 aliphatic rings. The summed E-state index contributed by atoms with van der Waals surface area (Å²) >= 11 is 0. The van der Waals surface area contributed by atoms with Gasteiger partial charge in [0.25, 0.3) is 0 Å². The second kappa shape index (κ2) is 4.16. The van der Waals surface area contributed by atoms with Crippen LogP contribution in [0.1, 0.15) is 51.4 Å². The second-order valence-electron chi connectivity index (χ2n) is 4.53. The molecule has 80 valence electrons. The zero-order valence-corrected chi connectivity index (χ0v) is 9.48. The summed E-state index contributed by atoms with van der Waals surface area (Å²) in [7, 11) is 0. The molecule has 0 amide bonds. The number of furan rings is 1. The van der Waals surface area contributed by atoms with Crippen LogP contribution in [-0.4, -0.2) is 0 Å². The molecule has 0 unspecified atom stereocenters. The van der Waals surface area contributed by atoms with Gasteiger partial charge in [0.15, 0.2) is 5.82 Å². The fraction of sp³-hybridized carbons (Fsp3) is 0.667. The lowest BCUT2D eigenvalue weighted by Gasteiger charge is -2.22. The van der Waals surface area contributed by atoms with E-state index in [0.29, 0.717) is 5.56 Å². The summed E-state index contributed by atoms with van der Waals surface area (Å²) in [5, 5.41) is 0. The molecule has 0 aliphatic carbocycles. The molecule has 0 radical (unpaired) electrons. The first-order chi connectivity index (χ1) is 6.49. The molecule has 1 aromatic rings. The SMILES string of the molecule is CCCCC(C)(C)c1occ(F)c1C. The van der Waals surface area contributed by atoms with E-state index in [0.717, 1.165) is 25.0 Å². The summed E-state index contributed by atoms with van der Waals surface area (Å²) in [6.45, 7) is 8.15. The number of hydrogen-bond acceptors (Lipinski definition) is 1. The zero-order chi connectivity index (χ0) is 10.8. The lowest BCUT2D eigenvalue weighted by Crippen LogP contribution is -2.17. The highest BCUT2D eigenvalue weighted by Gasteiger charge is 2.27. The van der Waals surface area contributed by atoms with E-state index >= 15 is 0 Å². The van der Waals surface area contributed by atoms with E-state index in [-0.39, 0.29) is 11.2 Å². The van der Waals surface area contributed by atoms with E-state index in [9.17, 15) is 4.39 Å².